The molecular weight excluding hydrogens is 268 g/mol. The van der Waals surface area contributed by atoms with Gasteiger partial charge in [0.25, 0.3) is 5.56 Å². The smallest absolute Gasteiger partial charge is 0.339 e. The van der Waals surface area contributed by atoms with Gasteiger partial charge >= 0.3 is 5.97 Å². The summed E-state index contributed by atoms with van der Waals surface area (Å²) in [5.74, 6) is -0.0919. The number of nitriles is 1. The third kappa shape index (κ3) is 3.72. The Morgan fingerprint density at radius 2 is 2.05 bits per heavy atom. The molecule has 0 aromatic carbocycles. The van der Waals surface area contributed by atoms with Gasteiger partial charge in [-0.2, -0.15) is 5.26 Å². The molecule has 0 radical (unpaired) electrons. The molecule has 0 spiro atoms. The summed E-state index contributed by atoms with van der Waals surface area (Å²) in [4.78, 5) is 23.9. The van der Waals surface area contributed by atoms with Gasteiger partial charge in [0.1, 0.15) is 11.6 Å². The Bertz CT molecular complexity index is 605. The maximum Gasteiger partial charge on any atom is 0.339 e. The van der Waals surface area contributed by atoms with Crippen molar-refractivity contribution in [1.29, 1.82) is 5.26 Å². The minimum atomic E-state index is -0.527. The zero-order valence-corrected chi connectivity index (χ0v) is 12.3. The summed E-state index contributed by atoms with van der Waals surface area (Å²) in [5, 5.41) is 9.06. The summed E-state index contributed by atoms with van der Waals surface area (Å²) in [5.41, 5.74) is -0.0804. The summed E-state index contributed by atoms with van der Waals surface area (Å²) in [6.45, 7) is 0.568. The Labute approximate surface area is 124 Å². The zero-order chi connectivity index (χ0) is 15.2. The molecule has 1 aliphatic carbocycles. The van der Waals surface area contributed by atoms with Gasteiger partial charge in [-0.3, -0.25) is 4.79 Å². The van der Waals surface area contributed by atoms with Gasteiger partial charge in [-0.05, 0) is 24.8 Å². The molecule has 1 heterocycles. The number of nitrogens with zero attached hydrogens (tertiary/aromatic N) is 2. The number of carbonyl (C=O) groups is 1. The molecule has 1 fully saturated rings. The van der Waals surface area contributed by atoms with Crippen molar-refractivity contribution in [3.63, 3.8) is 0 Å². The van der Waals surface area contributed by atoms with Crippen molar-refractivity contribution in [3.8, 4) is 6.07 Å². The first-order valence-corrected chi connectivity index (χ1v) is 7.38. The molecule has 0 atom stereocenters. The molecule has 1 aliphatic rings. The molecule has 2 rings (SSSR count). The second-order valence-electron chi connectivity index (χ2n) is 5.56. The highest BCUT2D eigenvalue weighted by Gasteiger charge is 2.17. The van der Waals surface area contributed by atoms with Crippen molar-refractivity contribution in [1.82, 2.24) is 4.57 Å². The Morgan fingerprint density at radius 3 is 2.62 bits per heavy atom. The molecule has 0 bridgehead atoms. The number of hydrogen-bond donors (Lipinski definition) is 0. The Balaban J connectivity index is 2.30. The number of carbonyl (C=O) groups excluding carboxylic acids is 1. The van der Waals surface area contributed by atoms with Crippen molar-refractivity contribution in [2.75, 3.05) is 7.11 Å². The van der Waals surface area contributed by atoms with Gasteiger partial charge in [0.2, 0.25) is 0 Å². The van der Waals surface area contributed by atoms with Crippen LogP contribution in [0.5, 0.6) is 0 Å². The third-order valence-corrected chi connectivity index (χ3v) is 4.06. The van der Waals surface area contributed by atoms with Crippen molar-refractivity contribution in [2.24, 2.45) is 5.92 Å². The van der Waals surface area contributed by atoms with Gasteiger partial charge < -0.3 is 9.30 Å². The van der Waals surface area contributed by atoms with Gasteiger partial charge in [-0.25, -0.2) is 4.79 Å². The molecular formula is C16H20N2O3. The van der Waals surface area contributed by atoms with E-state index in [0.29, 0.717) is 12.5 Å². The SMILES string of the molecule is COC(=O)c1cc(C#N)c(=O)n(CC2CCCCCC2)c1. The van der Waals surface area contributed by atoms with Crippen LogP contribution in [-0.4, -0.2) is 17.6 Å². The molecule has 1 aromatic rings. The molecule has 0 N–H and O–H groups in total. The predicted molar refractivity (Wildman–Crippen MR) is 77.9 cm³/mol. The van der Waals surface area contributed by atoms with Crippen molar-refractivity contribution in [3.05, 3.63) is 33.7 Å². The number of rotatable bonds is 3. The minimum Gasteiger partial charge on any atom is -0.465 e. The van der Waals surface area contributed by atoms with Crippen LogP contribution in [0.25, 0.3) is 0 Å². The Hall–Kier alpha value is -2.09. The lowest BCUT2D eigenvalue weighted by atomic mass is 10.00. The second-order valence-corrected chi connectivity index (χ2v) is 5.56. The van der Waals surface area contributed by atoms with E-state index in [1.807, 2.05) is 6.07 Å². The Kier molecular flexibility index (Phi) is 5.15. The molecule has 0 aliphatic heterocycles. The summed E-state index contributed by atoms with van der Waals surface area (Å²) < 4.78 is 6.18. The summed E-state index contributed by atoms with van der Waals surface area (Å²) in [7, 11) is 1.29. The van der Waals surface area contributed by atoms with E-state index < -0.39 is 5.97 Å². The van der Waals surface area contributed by atoms with Crippen LogP contribution in [0.4, 0.5) is 0 Å². The lowest BCUT2D eigenvalue weighted by Crippen LogP contribution is -2.27. The summed E-state index contributed by atoms with van der Waals surface area (Å²) in [6, 6.07) is 3.17. The monoisotopic (exact) mass is 288 g/mol. The van der Waals surface area contributed by atoms with Gasteiger partial charge in [-0.15, -0.1) is 0 Å². The summed E-state index contributed by atoms with van der Waals surface area (Å²) >= 11 is 0. The number of pyridine rings is 1. The number of hydrogen-bond acceptors (Lipinski definition) is 4. The molecule has 5 nitrogen and oxygen atoms in total. The van der Waals surface area contributed by atoms with E-state index in [1.54, 1.807) is 0 Å². The highest BCUT2D eigenvalue weighted by molar-refractivity contribution is 5.89. The van der Waals surface area contributed by atoms with Crippen molar-refractivity contribution < 1.29 is 9.53 Å². The lowest BCUT2D eigenvalue weighted by molar-refractivity contribution is 0.0599. The maximum absolute atomic E-state index is 12.2. The van der Waals surface area contributed by atoms with Crippen LogP contribution < -0.4 is 5.56 Å². The van der Waals surface area contributed by atoms with Crippen molar-refractivity contribution in [2.45, 2.75) is 45.1 Å². The minimum absolute atomic E-state index is 0.00785. The fraction of sp³-hybridized carbons (Fsp3) is 0.562. The number of methoxy groups -OCH3 is 1. The molecule has 0 unspecified atom stereocenters. The van der Waals surface area contributed by atoms with Gasteiger partial charge in [0.15, 0.2) is 0 Å². The Morgan fingerprint density at radius 1 is 1.38 bits per heavy atom. The second kappa shape index (κ2) is 7.07. The molecule has 1 saturated carbocycles. The van der Waals surface area contributed by atoms with Crippen LogP contribution in [0, 0.1) is 17.2 Å². The standard InChI is InChI=1S/C16H20N2O3/c1-21-16(20)14-8-13(9-17)15(19)18(11-14)10-12-6-4-2-3-5-7-12/h8,11-12H,2-7,10H2,1H3. The fourth-order valence-corrected chi connectivity index (χ4v) is 2.91. The number of ether oxygens (including phenoxy) is 1. The molecule has 112 valence electrons. The van der Waals surface area contributed by atoms with E-state index in [2.05, 4.69) is 4.74 Å². The fourth-order valence-electron chi connectivity index (χ4n) is 2.91. The largest absolute Gasteiger partial charge is 0.465 e. The molecule has 21 heavy (non-hydrogen) atoms. The van der Waals surface area contributed by atoms with Crippen LogP contribution in [0.3, 0.4) is 0 Å². The van der Waals surface area contributed by atoms with Crippen LogP contribution in [-0.2, 0) is 11.3 Å². The van der Waals surface area contributed by atoms with Crippen LogP contribution >= 0.6 is 0 Å². The average Bonchev–Trinajstić information content (AvgIpc) is 2.77. The van der Waals surface area contributed by atoms with Crippen molar-refractivity contribution >= 4 is 5.97 Å². The lowest BCUT2D eigenvalue weighted by Gasteiger charge is -2.16. The van der Waals surface area contributed by atoms with Gasteiger partial charge in [0.05, 0.1) is 12.7 Å². The van der Waals surface area contributed by atoms with Crippen LogP contribution in [0.15, 0.2) is 17.1 Å². The van der Waals surface area contributed by atoms with Gasteiger partial charge in [-0.1, -0.05) is 25.7 Å². The normalized spacial score (nSPS) is 16.0. The zero-order valence-electron chi connectivity index (χ0n) is 12.3. The quantitative estimate of drug-likeness (QED) is 0.632. The van der Waals surface area contributed by atoms with Crippen LogP contribution in [0.2, 0.25) is 0 Å². The number of aromatic nitrogens is 1. The highest BCUT2D eigenvalue weighted by Crippen LogP contribution is 2.24. The van der Waals surface area contributed by atoms with E-state index in [9.17, 15) is 9.59 Å². The molecule has 0 saturated heterocycles. The summed E-state index contributed by atoms with van der Waals surface area (Å²) in [6.07, 6.45) is 8.56. The third-order valence-electron chi connectivity index (χ3n) is 4.06. The first-order chi connectivity index (χ1) is 10.2. The van der Waals surface area contributed by atoms with Crippen LogP contribution in [0.1, 0.15) is 54.4 Å². The highest BCUT2D eigenvalue weighted by atomic mass is 16.5. The molecule has 5 heteroatoms. The van der Waals surface area contributed by atoms with E-state index in [-0.39, 0.29) is 16.7 Å². The van der Waals surface area contributed by atoms with E-state index in [4.69, 9.17) is 5.26 Å². The number of esters is 1. The molecule has 0 amide bonds. The first-order valence-electron chi connectivity index (χ1n) is 7.38. The van der Waals surface area contributed by atoms with Gasteiger partial charge in [0, 0.05) is 12.7 Å². The predicted octanol–water partition coefficient (Wildman–Crippen LogP) is 2.48. The average molecular weight is 288 g/mol. The van der Waals surface area contributed by atoms with E-state index in [1.165, 1.54) is 49.6 Å². The first kappa shape index (κ1) is 15.3. The topological polar surface area (TPSA) is 72.1 Å². The molecule has 1 aromatic heterocycles. The van der Waals surface area contributed by atoms with E-state index in [0.717, 1.165) is 12.8 Å². The maximum atomic E-state index is 12.2. The van der Waals surface area contributed by atoms with E-state index >= 15 is 0 Å².